The van der Waals surface area contributed by atoms with E-state index < -0.39 is 0 Å². The van der Waals surface area contributed by atoms with Crippen LogP contribution in [0.4, 0.5) is 0 Å². The monoisotopic (exact) mass is 539 g/mol. The molecule has 4 aromatic rings. The summed E-state index contributed by atoms with van der Waals surface area (Å²) in [5.74, 6) is 2.67. The minimum absolute atomic E-state index is 0.00739. The Balaban J connectivity index is 1.24. The van der Waals surface area contributed by atoms with E-state index in [-0.39, 0.29) is 5.91 Å². The predicted molar refractivity (Wildman–Crippen MR) is 163 cm³/mol. The molecule has 0 radical (unpaired) electrons. The number of carbonyl (C=O) groups excluding carboxylic acids is 1. The number of amides is 1. The Kier molecular flexibility index (Phi) is 10.8. The van der Waals surface area contributed by atoms with Crippen LogP contribution in [0.25, 0.3) is 17.1 Å². The van der Waals surface area contributed by atoms with Crippen LogP contribution in [0.3, 0.4) is 0 Å². The van der Waals surface area contributed by atoms with E-state index in [1.165, 1.54) is 5.52 Å². The molecule has 210 valence electrons. The van der Waals surface area contributed by atoms with Gasteiger partial charge in [-0.25, -0.2) is 4.98 Å². The second-order valence-corrected chi connectivity index (χ2v) is 10.0. The summed E-state index contributed by atoms with van der Waals surface area (Å²) in [5, 5.41) is 3.06. The molecule has 3 aromatic carbocycles. The molecule has 0 aliphatic heterocycles. The molecule has 0 saturated carbocycles. The summed E-state index contributed by atoms with van der Waals surface area (Å²) in [6.07, 6.45) is 9.95. The van der Waals surface area contributed by atoms with E-state index in [9.17, 15) is 4.79 Å². The number of benzene rings is 3. The molecule has 0 atom stereocenters. The van der Waals surface area contributed by atoms with Gasteiger partial charge in [-0.1, -0.05) is 55.0 Å². The van der Waals surface area contributed by atoms with Crippen molar-refractivity contribution in [2.24, 2.45) is 0 Å². The lowest BCUT2D eigenvalue weighted by atomic mass is 10.1. The van der Waals surface area contributed by atoms with Gasteiger partial charge in [0, 0.05) is 25.1 Å². The van der Waals surface area contributed by atoms with Gasteiger partial charge in [0.05, 0.1) is 24.8 Å². The van der Waals surface area contributed by atoms with Crippen molar-refractivity contribution in [3.05, 3.63) is 95.3 Å². The molecule has 0 aliphatic rings. The predicted octanol–water partition coefficient (Wildman–Crippen LogP) is 7.39. The molecule has 0 saturated heterocycles. The van der Waals surface area contributed by atoms with E-state index in [1.807, 2.05) is 74.5 Å². The Morgan fingerprint density at radius 1 is 0.950 bits per heavy atom. The van der Waals surface area contributed by atoms with Gasteiger partial charge in [0.25, 0.3) is 5.91 Å². The van der Waals surface area contributed by atoms with Crippen molar-refractivity contribution >= 4 is 23.0 Å². The minimum atomic E-state index is 0.00739. The molecular weight excluding hydrogens is 498 g/mol. The number of allylic oxidation sites excluding steroid dienone is 1. The summed E-state index contributed by atoms with van der Waals surface area (Å²) in [4.78, 5) is 17.4. The average molecular weight is 540 g/mol. The van der Waals surface area contributed by atoms with E-state index in [0.29, 0.717) is 13.2 Å². The molecular formula is C34H41N3O3. The molecule has 6 nitrogen and oxygen atoms in total. The van der Waals surface area contributed by atoms with Crippen molar-refractivity contribution in [1.29, 1.82) is 0 Å². The summed E-state index contributed by atoms with van der Waals surface area (Å²) in [6.45, 7) is 6.20. The maximum absolute atomic E-state index is 12.4. The van der Waals surface area contributed by atoms with Gasteiger partial charge >= 0.3 is 0 Å². The van der Waals surface area contributed by atoms with Gasteiger partial charge < -0.3 is 19.4 Å². The van der Waals surface area contributed by atoms with Gasteiger partial charge in [-0.15, -0.1) is 0 Å². The van der Waals surface area contributed by atoms with E-state index in [1.54, 1.807) is 7.11 Å². The molecule has 40 heavy (non-hydrogen) atoms. The van der Waals surface area contributed by atoms with Crippen molar-refractivity contribution in [2.75, 3.05) is 20.3 Å². The van der Waals surface area contributed by atoms with Crippen LogP contribution in [0.1, 0.15) is 66.3 Å². The first kappa shape index (κ1) is 28.9. The van der Waals surface area contributed by atoms with Crippen LogP contribution in [0.2, 0.25) is 0 Å². The first-order valence-corrected chi connectivity index (χ1v) is 14.3. The quantitative estimate of drug-likeness (QED) is 0.160. The number of aromatic nitrogens is 2. The number of aryl methyl sites for hydroxylation is 3. The lowest BCUT2D eigenvalue weighted by molar-refractivity contribution is 0.0952. The van der Waals surface area contributed by atoms with Gasteiger partial charge in [0.15, 0.2) is 11.5 Å². The van der Waals surface area contributed by atoms with E-state index >= 15 is 0 Å². The van der Waals surface area contributed by atoms with E-state index in [4.69, 9.17) is 14.5 Å². The SMILES string of the molecule is C/C=C/c1ccc(OCCCCn2c(CCCCCNC(=O)c3ccccc3C)nc3ccccc32)c(OC)c1. The van der Waals surface area contributed by atoms with Crippen LogP contribution >= 0.6 is 0 Å². The fourth-order valence-corrected chi connectivity index (χ4v) is 4.93. The number of methoxy groups -OCH3 is 1. The number of hydrogen-bond acceptors (Lipinski definition) is 4. The van der Waals surface area contributed by atoms with Crippen molar-refractivity contribution in [3.8, 4) is 11.5 Å². The molecule has 1 aromatic heterocycles. The number of nitrogens with one attached hydrogen (secondary N) is 1. The number of imidazole rings is 1. The zero-order valence-corrected chi connectivity index (χ0v) is 24.0. The zero-order valence-electron chi connectivity index (χ0n) is 24.0. The van der Waals surface area contributed by atoms with Crippen molar-refractivity contribution in [2.45, 2.75) is 58.9 Å². The Bertz CT molecular complexity index is 1420. The molecule has 0 fully saturated rings. The molecule has 0 bridgehead atoms. The molecule has 0 aliphatic carbocycles. The van der Waals surface area contributed by atoms with Gasteiger partial charge in [-0.2, -0.15) is 0 Å². The summed E-state index contributed by atoms with van der Waals surface area (Å²) in [6, 6.07) is 22.1. The molecule has 1 heterocycles. The van der Waals surface area contributed by atoms with Crippen LogP contribution < -0.4 is 14.8 Å². The maximum Gasteiger partial charge on any atom is 0.251 e. The highest BCUT2D eigenvalue weighted by Crippen LogP contribution is 2.29. The summed E-state index contributed by atoms with van der Waals surface area (Å²) in [7, 11) is 1.68. The summed E-state index contributed by atoms with van der Waals surface area (Å²) < 4.78 is 13.9. The molecule has 0 spiro atoms. The van der Waals surface area contributed by atoms with Crippen LogP contribution in [-0.4, -0.2) is 35.7 Å². The number of hydrogen-bond donors (Lipinski definition) is 1. The van der Waals surface area contributed by atoms with Gasteiger partial charge in [-0.3, -0.25) is 4.79 Å². The Morgan fingerprint density at radius 2 is 1.77 bits per heavy atom. The first-order valence-electron chi connectivity index (χ1n) is 14.3. The Hall–Kier alpha value is -4.06. The number of fused-ring (bicyclic) bond motifs is 1. The normalized spacial score (nSPS) is 11.3. The zero-order chi connectivity index (χ0) is 28.2. The van der Waals surface area contributed by atoms with Crippen LogP contribution in [0, 0.1) is 6.92 Å². The van der Waals surface area contributed by atoms with Crippen molar-refractivity contribution in [1.82, 2.24) is 14.9 Å². The fraction of sp³-hybridized carbons (Fsp3) is 0.353. The molecule has 1 N–H and O–H groups in total. The minimum Gasteiger partial charge on any atom is -0.493 e. The highest BCUT2D eigenvalue weighted by Gasteiger charge is 2.11. The lowest BCUT2D eigenvalue weighted by Gasteiger charge is -2.12. The summed E-state index contributed by atoms with van der Waals surface area (Å²) in [5.41, 5.74) is 5.08. The molecule has 4 rings (SSSR count). The highest BCUT2D eigenvalue weighted by molar-refractivity contribution is 5.95. The third-order valence-corrected chi connectivity index (χ3v) is 7.07. The number of nitrogens with zero attached hydrogens (tertiary/aromatic N) is 2. The van der Waals surface area contributed by atoms with Crippen molar-refractivity contribution < 1.29 is 14.3 Å². The fourth-order valence-electron chi connectivity index (χ4n) is 4.93. The lowest BCUT2D eigenvalue weighted by Crippen LogP contribution is -2.25. The number of rotatable bonds is 15. The average Bonchev–Trinajstić information content (AvgIpc) is 3.32. The summed E-state index contributed by atoms with van der Waals surface area (Å²) >= 11 is 0. The van der Waals surface area contributed by atoms with Gasteiger partial charge in [-0.05, 0) is 81.0 Å². The van der Waals surface area contributed by atoms with Gasteiger partial charge in [0.2, 0.25) is 0 Å². The molecule has 6 heteroatoms. The molecule has 1 amide bonds. The Morgan fingerprint density at radius 3 is 2.60 bits per heavy atom. The second kappa shape index (κ2) is 14.9. The Labute approximate surface area is 238 Å². The first-order chi connectivity index (χ1) is 19.6. The van der Waals surface area contributed by atoms with E-state index in [0.717, 1.165) is 84.6 Å². The topological polar surface area (TPSA) is 65.4 Å². The van der Waals surface area contributed by atoms with Gasteiger partial charge in [0.1, 0.15) is 5.82 Å². The number of ether oxygens (including phenoxy) is 2. The van der Waals surface area contributed by atoms with Crippen LogP contribution in [-0.2, 0) is 13.0 Å². The standard InChI is InChI=1S/C34H41N3O3/c1-4-14-27-20-21-31(32(25-27)39-3)40-24-13-12-23-37-30-18-10-9-17-29(30)36-33(37)19-6-5-11-22-35-34(38)28-16-8-7-15-26(28)2/h4,7-10,14-18,20-21,25H,5-6,11-13,19,22-24H2,1-3H3,(H,35,38)/b14-4+. The van der Waals surface area contributed by atoms with E-state index in [2.05, 4.69) is 28.1 Å². The highest BCUT2D eigenvalue weighted by atomic mass is 16.5. The number of para-hydroxylation sites is 2. The number of carbonyl (C=O) groups is 1. The third kappa shape index (κ3) is 7.75. The molecule has 0 unspecified atom stereocenters. The second-order valence-electron chi connectivity index (χ2n) is 10.0. The van der Waals surface area contributed by atoms with Crippen LogP contribution in [0.15, 0.2) is 72.8 Å². The third-order valence-electron chi connectivity index (χ3n) is 7.07. The maximum atomic E-state index is 12.4. The van der Waals surface area contributed by atoms with Crippen LogP contribution in [0.5, 0.6) is 11.5 Å². The van der Waals surface area contributed by atoms with Crippen molar-refractivity contribution in [3.63, 3.8) is 0 Å². The largest absolute Gasteiger partial charge is 0.493 e. The number of unbranched alkanes of at least 4 members (excludes halogenated alkanes) is 3. The smallest absolute Gasteiger partial charge is 0.251 e.